The van der Waals surface area contributed by atoms with Crippen LogP contribution in [0.15, 0.2) is 24.3 Å². The molecule has 2 aromatic rings. The van der Waals surface area contributed by atoms with Crippen LogP contribution < -0.4 is 0 Å². The minimum Gasteiger partial charge on any atom is -0.481 e. The molecule has 2 rings (SSSR count). The van der Waals surface area contributed by atoms with Crippen molar-refractivity contribution in [2.45, 2.75) is 19.0 Å². The lowest BCUT2D eigenvalue weighted by atomic mass is 10.2. The Balaban J connectivity index is 2.54. The Morgan fingerprint density at radius 2 is 1.85 bits per heavy atom. The van der Waals surface area contributed by atoms with Crippen molar-refractivity contribution in [2.24, 2.45) is 0 Å². The third-order valence-electron chi connectivity index (χ3n) is 2.62. The van der Waals surface area contributed by atoms with E-state index < -0.39 is 36.7 Å². The first-order valence-electron chi connectivity index (χ1n) is 5.60. The van der Waals surface area contributed by atoms with E-state index in [4.69, 9.17) is 5.11 Å². The van der Waals surface area contributed by atoms with Gasteiger partial charge in [0, 0.05) is 6.42 Å². The van der Waals surface area contributed by atoms with Crippen molar-refractivity contribution in [1.82, 2.24) is 9.55 Å². The number of carboxylic acids is 1. The fourth-order valence-electron chi connectivity index (χ4n) is 1.79. The average molecular weight is 286 g/mol. The number of rotatable bonds is 3. The van der Waals surface area contributed by atoms with E-state index in [0.717, 1.165) is 0 Å². The largest absolute Gasteiger partial charge is 0.481 e. The van der Waals surface area contributed by atoms with E-state index in [1.54, 1.807) is 0 Å². The lowest BCUT2D eigenvalue weighted by molar-refractivity contribution is -0.145. The molecule has 0 bridgehead atoms. The van der Waals surface area contributed by atoms with Crippen LogP contribution in [0, 0.1) is 0 Å². The van der Waals surface area contributed by atoms with Gasteiger partial charge in [0.2, 0.25) is 11.7 Å². The van der Waals surface area contributed by atoms with Gasteiger partial charge < -0.3 is 5.11 Å². The molecule has 0 fully saturated rings. The monoisotopic (exact) mass is 286 g/mol. The van der Waals surface area contributed by atoms with E-state index in [-0.39, 0.29) is 11.0 Å². The zero-order valence-electron chi connectivity index (χ0n) is 10.0. The summed E-state index contributed by atoms with van der Waals surface area (Å²) in [6.45, 7) is 0. The minimum atomic E-state index is -4.79. The second kappa shape index (κ2) is 4.95. The molecular weight excluding hydrogens is 277 g/mol. The molecule has 0 saturated heterocycles. The fourth-order valence-corrected chi connectivity index (χ4v) is 1.79. The summed E-state index contributed by atoms with van der Waals surface area (Å²) in [6, 6.07) is 5.66. The summed E-state index contributed by atoms with van der Waals surface area (Å²) in [7, 11) is 0. The van der Waals surface area contributed by atoms with Crippen molar-refractivity contribution in [3.63, 3.8) is 0 Å². The highest BCUT2D eigenvalue weighted by atomic mass is 19.4. The summed E-state index contributed by atoms with van der Waals surface area (Å²) < 4.78 is 39.1. The van der Waals surface area contributed by atoms with E-state index in [1.165, 1.54) is 24.3 Å². The van der Waals surface area contributed by atoms with Crippen LogP contribution in [0.2, 0.25) is 0 Å². The molecule has 106 valence electrons. The van der Waals surface area contributed by atoms with E-state index in [9.17, 15) is 22.8 Å². The highest BCUT2D eigenvalue weighted by molar-refractivity contribution is 5.92. The first kappa shape index (κ1) is 14.0. The Hall–Kier alpha value is -2.38. The summed E-state index contributed by atoms with van der Waals surface area (Å²) in [5, 5.41) is 8.50. The molecule has 1 N–H and O–H groups in total. The van der Waals surface area contributed by atoms with Crippen LogP contribution >= 0.6 is 0 Å². The van der Waals surface area contributed by atoms with Crippen molar-refractivity contribution in [3.05, 3.63) is 30.1 Å². The molecule has 0 spiro atoms. The lowest BCUT2D eigenvalue weighted by Gasteiger charge is -2.09. The van der Waals surface area contributed by atoms with Gasteiger partial charge >= 0.3 is 12.1 Å². The Kier molecular flexibility index (Phi) is 3.47. The summed E-state index contributed by atoms with van der Waals surface area (Å²) in [5.74, 6) is -3.54. The molecule has 20 heavy (non-hydrogen) atoms. The maximum atomic E-state index is 12.9. The molecule has 5 nitrogen and oxygen atoms in total. The van der Waals surface area contributed by atoms with Gasteiger partial charge in [0.25, 0.3) is 0 Å². The first-order valence-corrected chi connectivity index (χ1v) is 5.60. The standard InChI is InChI=1S/C12H9F3N2O3/c13-12(14,15)11-16-7-3-1-2-4-8(7)17(11)9(18)5-6-10(19)20/h1-4H,5-6H2,(H,19,20). The highest BCUT2D eigenvalue weighted by Gasteiger charge is 2.39. The highest BCUT2D eigenvalue weighted by Crippen LogP contribution is 2.31. The molecule has 0 aliphatic heterocycles. The summed E-state index contributed by atoms with van der Waals surface area (Å²) >= 11 is 0. The molecular formula is C12H9F3N2O3. The normalized spacial score (nSPS) is 11.8. The topological polar surface area (TPSA) is 72.2 Å². The van der Waals surface area contributed by atoms with Crippen molar-refractivity contribution in [3.8, 4) is 0 Å². The number of alkyl halides is 3. The lowest BCUT2D eigenvalue weighted by Crippen LogP contribution is -2.21. The predicted octanol–water partition coefficient (Wildman–Crippen LogP) is 2.56. The number of hydrogen-bond acceptors (Lipinski definition) is 3. The van der Waals surface area contributed by atoms with Gasteiger partial charge in [-0.25, -0.2) is 4.98 Å². The van der Waals surface area contributed by atoms with Crippen LogP contribution in [0.5, 0.6) is 0 Å². The Morgan fingerprint density at radius 3 is 2.45 bits per heavy atom. The number of benzene rings is 1. The number of aromatic nitrogens is 2. The summed E-state index contributed by atoms with van der Waals surface area (Å²) in [6.07, 6.45) is -5.86. The van der Waals surface area contributed by atoms with Crippen LogP contribution in [-0.2, 0) is 11.0 Å². The molecule has 0 aliphatic rings. The zero-order valence-corrected chi connectivity index (χ0v) is 10.0. The number of imidazole rings is 1. The second-order valence-electron chi connectivity index (χ2n) is 4.04. The smallest absolute Gasteiger partial charge is 0.450 e. The third-order valence-corrected chi connectivity index (χ3v) is 2.62. The molecule has 0 radical (unpaired) electrons. The Morgan fingerprint density at radius 1 is 1.20 bits per heavy atom. The van der Waals surface area contributed by atoms with Gasteiger partial charge in [0.05, 0.1) is 17.5 Å². The number of carbonyl (C=O) groups is 2. The van der Waals surface area contributed by atoms with Gasteiger partial charge in [-0.05, 0) is 12.1 Å². The van der Waals surface area contributed by atoms with Crippen LogP contribution in [0.3, 0.4) is 0 Å². The van der Waals surface area contributed by atoms with Gasteiger partial charge in [0.1, 0.15) is 0 Å². The van der Waals surface area contributed by atoms with Gasteiger partial charge in [-0.2, -0.15) is 13.2 Å². The van der Waals surface area contributed by atoms with Crippen molar-refractivity contribution >= 4 is 22.9 Å². The Labute approximate surface area is 110 Å². The molecule has 1 aromatic heterocycles. The van der Waals surface area contributed by atoms with Gasteiger partial charge in [-0.15, -0.1) is 0 Å². The molecule has 1 aromatic carbocycles. The first-order chi connectivity index (χ1) is 9.30. The van der Waals surface area contributed by atoms with Crippen LogP contribution in [0.1, 0.15) is 23.5 Å². The quantitative estimate of drug-likeness (QED) is 0.941. The maximum Gasteiger partial charge on any atom is 0.450 e. The SMILES string of the molecule is O=C(O)CCC(=O)n1c(C(F)(F)F)nc2ccccc21. The number of carbonyl (C=O) groups excluding carboxylic acids is 1. The molecule has 0 saturated carbocycles. The molecule has 0 unspecified atom stereocenters. The number of aliphatic carboxylic acids is 1. The maximum absolute atomic E-state index is 12.9. The zero-order chi connectivity index (χ0) is 14.9. The average Bonchev–Trinajstić information content (AvgIpc) is 2.75. The predicted molar refractivity (Wildman–Crippen MR) is 62.2 cm³/mol. The van der Waals surface area contributed by atoms with Crippen LogP contribution in [0.4, 0.5) is 13.2 Å². The van der Waals surface area contributed by atoms with E-state index in [2.05, 4.69) is 4.98 Å². The third kappa shape index (κ3) is 2.63. The van der Waals surface area contributed by atoms with Crippen LogP contribution in [0.25, 0.3) is 11.0 Å². The molecule has 0 aliphatic carbocycles. The Bertz CT molecular complexity index is 676. The summed E-state index contributed by atoms with van der Waals surface area (Å²) in [4.78, 5) is 25.7. The van der Waals surface area contributed by atoms with Crippen molar-refractivity contribution in [1.29, 1.82) is 0 Å². The van der Waals surface area contributed by atoms with Gasteiger partial charge in [-0.1, -0.05) is 12.1 Å². The van der Waals surface area contributed by atoms with E-state index in [0.29, 0.717) is 4.57 Å². The minimum absolute atomic E-state index is 0.00946. The summed E-state index contributed by atoms with van der Waals surface area (Å²) in [5.41, 5.74) is 0.0405. The van der Waals surface area contributed by atoms with Crippen molar-refractivity contribution in [2.75, 3.05) is 0 Å². The number of halogens is 3. The number of fused-ring (bicyclic) bond motifs is 1. The number of nitrogens with zero attached hydrogens (tertiary/aromatic N) is 2. The van der Waals surface area contributed by atoms with E-state index in [1.807, 2.05) is 0 Å². The van der Waals surface area contributed by atoms with Gasteiger partial charge in [0.15, 0.2) is 0 Å². The molecule has 0 atom stereocenters. The number of hydrogen-bond donors (Lipinski definition) is 1. The second-order valence-corrected chi connectivity index (χ2v) is 4.04. The van der Waals surface area contributed by atoms with Gasteiger partial charge in [-0.3, -0.25) is 14.2 Å². The molecule has 0 amide bonds. The van der Waals surface area contributed by atoms with E-state index >= 15 is 0 Å². The molecule has 8 heteroatoms. The number of carboxylic acid groups (broad SMARTS) is 1. The number of para-hydroxylation sites is 2. The fraction of sp³-hybridized carbons (Fsp3) is 0.250. The molecule has 1 heterocycles. The van der Waals surface area contributed by atoms with Crippen molar-refractivity contribution < 1.29 is 27.9 Å². The van der Waals surface area contributed by atoms with Crippen LogP contribution in [-0.4, -0.2) is 26.5 Å².